The van der Waals surface area contributed by atoms with Gasteiger partial charge in [0, 0.05) is 23.8 Å². The van der Waals surface area contributed by atoms with Crippen molar-refractivity contribution in [2.45, 2.75) is 44.1 Å². The van der Waals surface area contributed by atoms with Gasteiger partial charge in [0.1, 0.15) is 11.5 Å². The second-order valence-electron chi connectivity index (χ2n) is 7.08. The minimum absolute atomic E-state index is 0. The average Bonchev–Trinajstić information content (AvgIpc) is 2.48. The van der Waals surface area contributed by atoms with Crippen LogP contribution < -0.4 is 10.1 Å². The van der Waals surface area contributed by atoms with Gasteiger partial charge in [-0.3, -0.25) is 4.79 Å². The second-order valence-corrected chi connectivity index (χ2v) is 7.08. The third-order valence-electron chi connectivity index (χ3n) is 6.11. The van der Waals surface area contributed by atoms with Crippen LogP contribution in [0.3, 0.4) is 0 Å². The van der Waals surface area contributed by atoms with Gasteiger partial charge in [-0.15, -0.1) is 12.4 Å². The number of rotatable bonds is 1. The molecule has 1 heterocycles. The highest BCUT2D eigenvalue weighted by molar-refractivity contribution is 5.85. The smallest absolute Gasteiger partial charge is 0.136 e. The van der Waals surface area contributed by atoms with E-state index >= 15 is 0 Å². The fraction of sp³-hybridized carbons (Fsp3) is 0.611. The minimum atomic E-state index is 0. The molecule has 0 radical (unpaired) electrons. The molecule has 2 fully saturated rings. The Morgan fingerprint density at radius 1 is 1.36 bits per heavy atom. The van der Waals surface area contributed by atoms with Crippen molar-refractivity contribution >= 4 is 18.2 Å². The second kappa shape index (κ2) is 5.54. The van der Waals surface area contributed by atoms with E-state index in [1.807, 2.05) is 0 Å². The Hall–Kier alpha value is -1.06. The molecule has 2 bridgehead atoms. The van der Waals surface area contributed by atoms with Gasteiger partial charge in [-0.1, -0.05) is 13.0 Å². The molecule has 2 aliphatic carbocycles. The van der Waals surface area contributed by atoms with E-state index in [4.69, 9.17) is 4.74 Å². The largest absolute Gasteiger partial charge is 0.497 e. The molecular formula is C18H24ClNO2. The van der Waals surface area contributed by atoms with Crippen LogP contribution in [0, 0.1) is 11.8 Å². The number of Topliss-reactive ketones (excluding diaryl/α,β-unsaturated/α-hetero) is 1. The predicted octanol–water partition coefficient (Wildman–Crippen LogP) is 2.89. The molecule has 1 aromatic carbocycles. The lowest BCUT2D eigenvalue weighted by molar-refractivity contribution is -0.129. The zero-order chi connectivity index (χ0) is 14.6. The van der Waals surface area contributed by atoms with E-state index in [9.17, 15) is 4.79 Å². The number of hydrogen-bond donors (Lipinski definition) is 1. The van der Waals surface area contributed by atoms with Gasteiger partial charge in [0.15, 0.2) is 0 Å². The fourth-order valence-corrected chi connectivity index (χ4v) is 5.01. The number of benzene rings is 1. The van der Waals surface area contributed by atoms with Crippen molar-refractivity contribution in [2.75, 3.05) is 13.7 Å². The Balaban J connectivity index is 0.00000144. The highest BCUT2D eigenvalue weighted by atomic mass is 35.5. The fourth-order valence-electron chi connectivity index (χ4n) is 5.01. The summed E-state index contributed by atoms with van der Waals surface area (Å²) in [6.07, 6.45) is 3.92. The van der Waals surface area contributed by atoms with E-state index < -0.39 is 0 Å². The molecule has 1 aromatic rings. The Morgan fingerprint density at radius 3 is 2.95 bits per heavy atom. The lowest BCUT2D eigenvalue weighted by Crippen LogP contribution is -2.61. The highest BCUT2D eigenvalue weighted by Crippen LogP contribution is 2.54. The van der Waals surface area contributed by atoms with Gasteiger partial charge >= 0.3 is 0 Å². The van der Waals surface area contributed by atoms with E-state index in [1.165, 1.54) is 11.1 Å². The summed E-state index contributed by atoms with van der Waals surface area (Å²) in [6.45, 7) is 3.13. The monoisotopic (exact) mass is 321 g/mol. The Kier molecular flexibility index (Phi) is 3.98. The Labute approximate surface area is 138 Å². The topological polar surface area (TPSA) is 38.3 Å². The summed E-state index contributed by atoms with van der Waals surface area (Å²) in [6, 6.07) is 7.00. The maximum absolute atomic E-state index is 12.5. The lowest BCUT2D eigenvalue weighted by Gasteiger charge is -2.56. The molecule has 4 heteroatoms. The van der Waals surface area contributed by atoms with Crippen molar-refractivity contribution in [1.82, 2.24) is 5.32 Å². The van der Waals surface area contributed by atoms with E-state index in [-0.39, 0.29) is 23.7 Å². The maximum Gasteiger partial charge on any atom is 0.136 e. The van der Waals surface area contributed by atoms with E-state index in [2.05, 4.69) is 30.4 Å². The van der Waals surface area contributed by atoms with Crippen LogP contribution in [0.1, 0.15) is 37.3 Å². The molecule has 1 saturated heterocycles. The van der Waals surface area contributed by atoms with Crippen molar-refractivity contribution < 1.29 is 9.53 Å². The van der Waals surface area contributed by atoms with Crippen LogP contribution in [0.5, 0.6) is 5.75 Å². The van der Waals surface area contributed by atoms with Crippen molar-refractivity contribution in [3.05, 3.63) is 29.3 Å². The number of fused-ring (bicyclic) bond motifs is 1. The normalized spacial score (nSPS) is 35.9. The molecule has 3 nitrogen and oxygen atoms in total. The first-order chi connectivity index (χ1) is 10.1. The van der Waals surface area contributed by atoms with Crippen LogP contribution in [0.15, 0.2) is 18.2 Å². The molecule has 3 aliphatic rings. The summed E-state index contributed by atoms with van der Waals surface area (Å²) in [4.78, 5) is 12.5. The maximum atomic E-state index is 12.5. The highest BCUT2D eigenvalue weighted by Gasteiger charge is 2.54. The summed E-state index contributed by atoms with van der Waals surface area (Å²) < 4.78 is 5.44. The van der Waals surface area contributed by atoms with Gasteiger partial charge in [0.25, 0.3) is 0 Å². The van der Waals surface area contributed by atoms with Crippen LogP contribution in [-0.4, -0.2) is 25.5 Å². The van der Waals surface area contributed by atoms with Crippen molar-refractivity contribution in [3.63, 3.8) is 0 Å². The number of piperidine rings is 1. The molecule has 1 saturated carbocycles. The predicted molar refractivity (Wildman–Crippen MR) is 88.9 cm³/mol. The summed E-state index contributed by atoms with van der Waals surface area (Å²) in [5.41, 5.74) is 2.86. The summed E-state index contributed by atoms with van der Waals surface area (Å²) >= 11 is 0. The molecule has 0 aromatic heterocycles. The number of carbonyl (C=O) groups is 1. The standard InChI is InChI=1S/C18H23NO2.ClH/c1-11-7-15-16-8-12-3-4-13(21-2)9-14(12)18(15,5-6-19-16)10-17(11)20;/h3-4,9,11,15-16,19H,5-8,10H2,1-2H3;1H/t11?,15-,16+,18+;/m0./s1. The van der Waals surface area contributed by atoms with Gasteiger partial charge in [-0.2, -0.15) is 0 Å². The number of ketones is 1. The quantitative estimate of drug-likeness (QED) is 0.864. The molecule has 1 aliphatic heterocycles. The molecule has 4 rings (SSSR count). The molecule has 0 amide bonds. The van der Waals surface area contributed by atoms with E-state index in [0.717, 1.165) is 38.0 Å². The molecule has 0 spiro atoms. The van der Waals surface area contributed by atoms with E-state index in [1.54, 1.807) is 7.11 Å². The Bertz CT molecular complexity index is 603. The van der Waals surface area contributed by atoms with Gasteiger partial charge in [-0.05, 0) is 55.0 Å². The zero-order valence-electron chi connectivity index (χ0n) is 13.2. The lowest BCUT2D eigenvalue weighted by atomic mass is 9.51. The number of hydrogen-bond acceptors (Lipinski definition) is 3. The molecule has 1 unspecified atom stereocenters. The third-order valence-corrected chi connectivity index (χ3v) is 6.11. The third kappa shape index (κ3) is 2.10. The number of carbonyl (C=O) groups excluding carboxylic acids is 1. The van der Waals surface area contributed by atoms with Crippen LogP contribution >= 0.6 is 12.4 Å². The van der Waals surface area contributed by atoms with Gasteiger partial charge in [-0.25, -0.2) is 0 Å². The molecule has 120 valence electrons. The van der Waals surface area contributed by atoms with Gasteiger partial charge < -0.3 is 10.1 Å². The number of methoxy groups -OCH3 is 1. The summed E-state index contributed by atoms with van der Waals surface area (Å²) in [5.74, 6) is 2.18. The summed E-state index contributed by atoms with van der Waals surface area (Å²) in [7, 11) is 1.72. The first-order valence-electron chi connectivity index (χ1n) is 8.07. The molecule has 22 heavy (non-hydrogen) atoms. The van der Waals surface area contributed by atoms with Crippen LogP contribution in [0.2, 0.25) is 0 Å². The zero-order valence-corrected chi connectivity index (χ0v) is 14.0. The van der Waals surface area contributed by atoms with Crippen molar-refractivity contribution in [2.24, 2.45) is 11.8 Å². The first kappa shape index (κ1) is 15.8. The molecule has 4 atom stereocenters. The van der Waals surface area contributed by atoms with Gasteiger partial charge in [0.2, 0.25) is 0 Å². The first-order valence-corrected chi connectivity index (χ1v) is 8.07. The van der Waals surface area contributed by atoms with Crippen LogP contribution in [-0.2, 0) is 16.6 Å². The average molecular weight is 322 g/mol. The van der Waals surface area contributed by atoms with Crippen molar-refractivity contribution in [3.8, 4) is 5.75 Å². The number of ether oxygens (including phenoxy) is 1. The number of halogens is 1. The summed E-state index contributed by atoms with van der Waals surface area (Å²) in [5, 5.41) is 3.71. The van der Waals surface area contributed by atoms with Crippen molar-refractivity contribution in [1.29, 1.82) is 0 Å². The van der Waals surface area contributed by atoms with Gasteiger partial charge in [0.05, 0.1) is 7.11 Å². The number of nitrogens with one attached hydrogen (secondary N) is 1. The molecule has 1 N–H and O–H groups in total. The molecular weight excluding hydrogens is 298 g/mol. The minimum Gasteiger partial charge on any atom is -0.497 e. The van der Waals surface area contributed by atoms with Crippen LogP contribution in [0.4, 0.5) is 0 Å². The van der Waals surface area contributed by atoms with E-state index in [0.29, 0.717) is 17.7 Å². The SMILES string of the molecule is COc1ccc2c(c1)[C@]13CCN[C@H](C2)[C@@H]1CC(C)C(=O)C3.Cl. The van der Waals surface area contributed by atoms with Crippen LogP contribution in [0.25, 0.3) is 0 Å². The Morgan fingerprint density at radius 2 is 2.18 bits per heavy atom.